The lowest BCUT2D eigenvalue weighted by Gasteiger charge is -2.27. The molecule has 1 saturated heterocycles. The lowest BCUT2D eigenvalue weighted by Crippen LogP contribution is -2.41. The van der Waals surface area contributed by atoms with Gasteiger partial charge in [-0.15, -0.1) is 0 Å². The molecule has 68 valence electrons. The number of nitrogens with one attached hydrogen (secondary N) is 1. The molecule has 1 atom stereocenters. The van der Waals surface area contributed by atoms with Crippen molar-refractivity contribution in [3.63, 3.8) is 0 Å². The highest BCUT2D eigenvalue weighted by atomic mass is 16.2. The van der Waals surface area contributed by atoms with Crippen molar-refractivity contribution in [2.24, 2.45) is 0 Å². The van der Waals surface area contributed by atoms with Crippen LogP contribution in [0.2, 0.25) is 0 Å². The van der Waals surface area contributed by atoms with E-state index in [-0.39, 0.29) is 5.91 Å². The van der Waals surface area contributed by atoms with Crippen LogP contribution in [0.1, 0.15) is 26.2 Å². The molecule has 2 fully saturated rings. The van der Waals surface area contributed by atoms with Gasteiger partial charge in [-0.3, -0.25) is 4.79 Å². The second-order valence-electron chi connectivity index (χ2n) is 3.80. The molecule has 2 rings (SSSR count). The van der Waals surface area contributed by atoms with Gasteiger partial charge in [-0.2, -0.15) is 0 Å². The van der Waals surface area contributed by atoms with Gasteiger partial charge in [0.15, 0.2) is 0 Å². The maximum absolute atomic E-state index is 11.3. The minimum atomic E-state index is 0.256. The van der Waals surface area contributed by atoms with Gasteiger partial charge in [0.05, 0.1) is 0 Å². The molecule has 1 unspecified atom stereocenters. The Kier molecular flexibility index (Phi) is 2.05. The van der Waals surface area contributed by atoms with Crippen molar-refractivity contribution in [2.75, 3.05) is 13.1 Å². The van der Waals surface area contributed by atoms with E-state index in [2.05, 4.69) is 10.2 Å². The van der Waals surface area contributed by atoms with E-state index in [1.165, 1.54) is 12.8 Å². The first kappa shape index (κ1) is 8.05. The van der Waals surface area contributed by atoms with Crippen LogP contribution in [0.25, 0.3) is 0 Å². The van der Waals surface area contributed by atoms with Crippen LogP contribution in [0.5, 0.6) is 0 Å². The van der Waals surface area contributed by atoms with E-state index in [0.29, 0.717) is 12.1 Å². The Morgan fingerprint density at radius 1 is 1.33 bits per heavy atom. The number of amides is 1. The van der Waals surface area contributed by atoms with Crippen LogP contribution in [0, 0.1) is 0 Å². The summed E-state index contributed by atoms with van der Waals surface area (Å²) in [4.78, 5) is 13.4. The summed E-state index contributed by atoms with van der Waals surface area (Å²) in [6, 6.07) is 1.06. The van der Waals surface area contributed by atoms with Gasteiger partial charge in [0.25, 0.3) is 0 Å². The predicted molar refractivity (Wildman–Crippen MR) is 46.8 cm³/mol. The normalized spacial score (nSPS) is 28.9. The smallest absolute Gasteiger partial charge is 0.219 e. The Hall–Kier alpha value is -0.570. The van der Waals surface area contributed by atoms with Gasteiger partial charge >= 0.3 is 0 Å². The maximum Gasteiger partial charge on any atom is 0.219 e. The highest BCUT2D eigenvalue weighted by Crippen LogP contribution is 2.30. The highest BCUT2D eigenvalue weighted by molar-refractivity contribution is 5.74. The summed E-state index contributed by atoms with van der Waals surface area (Å²) in [6.07, 6.45) is 3.57. The van der Waals surface area contributed by atoms with Crippen LogP contribution in [-0.4, -0.2) is 36.0 Å². The number of carbonyl (C=O) groups is 1. The molecule has 3 nitrogen and oxygen atoms in total. The molecular weight excluding hydrogens is 152 g/mol. The second-order valence-corrected chi connectivity index (χ2v) is 3.80. The van der Waals surface area contributed by atoms with Crippen molar-refractivity contribution < 1.29 is 4.79 Å². The van der Waals surface area contributed by atoms with Crippen LogP contribution in [-0.2, 0) is 4.79 Å². The number of rotatable bonds is 2. The third-order valence-corrected chi connectivity index (χ3v) is 2.73. The fraction of sp³-hybridized carbons (Fsp3) is 0.889. The maximum atomic E-state index is 11.3. The summed E-state index contributed by atoms with van der Waals surface area (Å²) < 4.78 is 0. The molecule has 1 saturated carbocycles. The van der Waals surface area contributed by atoms with Crippen molar-refractivity contribution in [2.45, 2.75) is 38.3 Å². The summed E-state index contributed by atoms with van der Waals surface area (Å²) in [6.45, 7) is 3.76. The summed E-state index contributed by atoms with van der Waals surface area (Å²) in [5.41, 5.74) is 0. The molecule has 2 aliphatic rings. The van der Waals surface area contributed by atoms with Gasteiger partial charge in [-0.1, -0.05) is 0 Å². The van der Waals surface area contributed by atoms with Gasteiger partial charge in [0.1, 0.15) is 0 Å². The predicted octanol–water partition coefficient (Wildman–Crippen LogP) is 0.359. The molecule has 3 heteroatoms. The molecule has 1 aliphatic carbocycles. The van der Waals surface area contributed by atoms with Crippen LogP contribution in [0.15, 0.2) is 0 Å². The molecule has 1 aliphatic heterocycles. The number of carbonyl (C=O) groups excluding carboxylic acids is 1. The molecular formula is C9H16N2O. The van der Waals surface area contributed by atoms with Gasteiger partial charge in [0.2, 0.25) is 5.91 Å². The first-order valence-electron chi connectivity index (χ1n) is 4.78. The fourth-order valence-corrected chi connectivity index (χ4v) is 2.04. The van der Waals surface area contributed by atoms with Crippen molar-refractivity contribution in [1.29, 1.82) is 0 Å². The summed E-state index contributed by atoms with van der Waals surface area (Å²) in [5.74, 6) is 0.256. The zero-order valence-corrected chi connectivity index (χ0v) is 7.55. The first-order valence-corrected chi connectivity index (χ1v) is 4.78. The molecule has 0 aromatic heterocycles. The van der Waals surface area contributed by atoms with Gasteiger partial charge in [-0.05, 0) is 25.8 Å². The molecule has 0 bridgehead atoms. The number of hydrogen-bond donors (Lipinski definition) is 1. The van der Waals surface area contributed by atoms with E-state index in [4.69, 9.17) is 0 Å². The largest absolute Gasteiger partial charge is 0.336 e. The van der Waals surface area contributed by atoms with E-state index in [1.54, 1.807) is 6.92 Å². The van der Waals surface area contributed by atoms with E-state index in [1.807, 2.05) is 0 Å². The van der Waals surface area contributed by atoms with Crippen LogP contribution in [0.4, 0.5) is 0 Å². The van der Waals surface area contributed by atoms with Crippen LogP contribution < -0.4 is 5.32 Å². The van der Waals surface area contributed by atoms with Crippen LogP contribution in [0.3, 0.4) is 0 Å². The molecule has 12 heavy (non-hydrogen) atoms. The Morgan fingerprint density at radius 3 is 2.50 bits per heavy atom. The zero-order chi connectivity index (χ0) is 8.55. The lowest BCUT2D eigenvalue weighted by molar-refractivity contribution is -0.131. The fourth-order valence-electron chi connectivity index (χ4n) is 2.04. The number of hydrogen-bond acceptors (Lipinski definition) is 2. The Morgan fingerprint density at radius 2 is 2.08 bits per heavy atom. The van der Waals surface area contributed by atoms with Crippen LogP contribution >= 0.6 is 0 Å². The summed E-state index contributed by atoms with van der Waals surface area (Å²) in [7, 11) is 0. The lowest BCUT2D eigenvalue weighted by atomic mass is 10.2. The molecule has 0 spiro atoms. The van der Waals surface area contributed by atoms with Crippen molar-refractivity contribution in [3.05, 3.63) is 0 Å². The number of nitrogens with zero attached hydrogens (tertiary/aromatic N) is 1. The molecule has 1 N–H and O–H groups in total. The van der Waals surface area contributed by atoms with Crippen molar-refractivity contribution >= 4 is 5.91 Å². The van der Waals surface area contributed by atoms with E-state index >= 15 is 0 Å². The standard InChI is InChI=1S/C9H16N2O/c1-7(12)11(8-2-3-8)9-4-5-10-6-9/h8-10H,2-6H2,1H3. The van der Waals surface area contributed by atoms with Crippen molar-refractivity contribution in [3.8, 4) is 0 Å². The quantitative estimate of drug-likeness (QED) is 0.645. The summed E-state index contributed by atoms with van der Waals surface area (Å²) >= 11 is 0. The Labute approximate surface area is 73.1 Å². The van der Waals surface area contributed by atoms with Crippen molar-refractivity contribution in [1.82, 2.24) is 10.2 Å². The van der Waals surface area contributed by atoms with Gasteiger partial charge < -0.3 is 10.2 Å². The minimum Gasteiger partial charge on any atom is -0.336 e. The second kappa shape index (κ2) is 3.05. The average Bonchev–Trinajstić information content (AvgIpc) is 2.65. The molecule has 0 aromatic rings. The van der Waals surface area contributed by atoms with E-state index in [0.717, 1.165) is 19.5 Å². The van der Waals surface area contributed by atoms with Gasteiger partial charge in [-0.25, -0.2) is 0 Å². The SMILES string of the molecule is CC(=O)N(C1CC1)C1CCNC1. The highest BCUT2D eigenvalue weighted by Gasteiger charge is 2.36. The molecule has 1 heterocycles. The monoisotopic (exact) mass is 168 g/mol. The van der Waals surface area contributed by atoms with E-state index in [9.17, 15) is 4.79 Å². The van der Waals surface area contributed by atoms with E-state index < -0.39 is 0 Å². The summed E-state index contributed by atoms with van der Waals surface area (Å²) in [5, 5.41) is 3.30. The first-order chi connectivity index (χ1) is 5.79. The zero-order valence-electron chi connectivity index (χ0n) is 7.55. The Bertz CT molecular complexity index is 183. The molecule has 0 aromatic carbocycles. The third-order valence-electron chi connectivity index (χ3n) is 2.73. The molecule has 0 radical (unpaired) electrons. The molecule has 1 amide bonds. The average molecular weight is 168 g/mol. The topological polar surface area (TPSA) is 32.3 Å². The minimum absolute atomic E-state index is 0.256. The third kappa shape index (κ3) is 1.46. The Balaban J connectivity index is 1.99. The van der Waals surface area contributed by atoms with Gasteiger partial charge in [0, 0.05) is 25.6 Å².